The van der Waals surface area contributed by atoms with Gasteiger partial charge in [-0.3, -0.25) is 4.79 Å². The lowest BCUT2D eigenvalue weighted by Gasteiger charge is -2.03. The normalized spacial score (nSPS) is 10.4. The highest BCUT2D eigenvalue weighted by atomic mass is 16.5. The molecule has 0 radical (unpaired) electrons. The minimum absolute atomic E-state index is 0.111. The van der Waals surface area contributed by atoms with E-state index < -0.39 is 0 Å². The van der Waals surface area contributed by atoms with Crippen molar-refractivity contribution in [1.82, 2.24) is 10.3 Å². The minimum atomic E-state index is -0.111. The van der Waals surface area contributed by atoms with Crippen LogP contribution < -0.4 is 10.1 Å². The maximum absolute atomic E-state index is 11.6. The first-order valence-corrected chi connectivity index (χ1v) is 5.17. The fourth-order valence-electron chi connectivity index (χ4n) is 1.17. The maximum atomic E-state index is 11.6. The molecule has 16 heavy (non-hydrogen) atoms. The summed E-state index contributed by atoms with van der Waals surface area (Å²) in [5, 5.41) is 2.80. The Morgan fingerprint density at radius 3 is 2.94 bits per heavy atom. The zero-order valence-electron chi connectivity index (χ0n) is 9.56. The summed E-state index contributed by atoms with van der Waals surface area (Å²) in [5.41, 5.74) is 0.543. The van der Waals surface area contributed by atoms with Gasteiger partial charge in [0.2, 0.25) is 5.88 Å². The number of nitrogens with one attached hydrogen (secondary N) is 1. The second kappa shape index (κ2) is 6.61. The predicted octanol–water partition coefficient (Wildman–Crippen LogP) is 1.79. The van der Waals surface area contributed by atoms with Crippen LogP contribution in [0.4, 0.5) is 0 Å². The maximum Gasteiger partial charge on any atom is 0.252 e. The van der Waals surface area contributed by atoms with Crippen LogP contribution in [0.5, 0.6) is 5.88 Å². The topological polar surface area (TPSA) is 51.2 Å². The van der Waals surface area contributed by atoms with Gasteiger partial charge in [0.15, 0.2) is 0 Å². The first-order valence-electron chi connectivity index (χ1n) is 5.17. The van der Waals surface area contributed by atoms with Gasteiger partial charge in [0.1, 0.15) is 0 Å². The zero-order valence-corrected chi connectivity index (χ0v) is 9.56. The second-order valence-corrected chi connectivity index (χ2v) is 3.20. The number of pyridine rings is 1. The van der Waals surface area contributed by atoms with Gasteiger partial charge in [0, 0.05) is 18.8 Å². The van der Waals surface area contributed by atoms with E-state index in [1.807, 2.05) is 19.1 Å². The average molecular weight is 220 g/mol. The van der Waals surface area contributed by atoms with Crippen molar-refractivity contribution in [3.05, 3.63) is 36.0 Å². The van der Waals surface area contributed by atoms with Crippen LogP contribution >= 0.6 is 0 Å². The molecule has 0 bridgehead atoms. The first kappa shape index (κ1) is 12.2. The van der Waals surface area contributed by atoms with Gasteiger partial charge in [-0.05, 0) is 19.4 Å². The van der Waals surface area contributed by atoms with Crippen molar-refractivity contribution in [3.8, 4) is 5.88 Å². The van der Waals surface area contributed by atoms with Crippen LogP contribution in [0.1, 0.15) is 23.7 Å². The number of nitrogens with zero attached hydrogens (tertiary/aromatic N) is 1. The van der Waals surface area contributed by atoms with Crippen molar-refractivity contribution >= 4 is 5.91 Å². The summed E-state index contributed by atoms with van der Waals surface area (Å²) in [5.74, 6) is 0.394. The average Bonchev–Trinajstić information content (AvgIpc) is 2.34. The standard InChI is InChI=1S/C12H16N2O2/c1-3-4-5-8-13-12(15)10-6-7-11(16-2)14-9-10/h3-4,6-7,9H,5,8H2,1-2H3,(H,13,15)/b4-3+. The van der Waals surface area contributed by atoms with Gasteiger partial charge in [-0.15, -0.1) is 0 Å². The van der Waals surface area contributed by atoms with Gasteiger partial charge in [0.05, 0.1) is 12.7 Å². The zero-order chi connectivity index (χ0) is 11.8. The molecule has 1 N–H and O–H groups in total. The van der Waals surface area contributed by atoms with Crippen LogP contribution in [0.15, 0.2) is 30.5 Å². The number of rotatable bonds is 5. The van der Waals surface area contributed by atoms with E-state index in [9.17, 15) is 4.79 Å². The van der Waals surface area contributed by atoms with Gasteiger partial charge in [-0.1, -0.05) is 12.2 Å². The third-order valence-corrected chi connectivity index (χ3v) is 2.04. The molecule has 1 aromatic heterocycles. The lowest BCUT2D eigenvalue weighted by Crippen LogP contribution is -2.24. The summed E-state index contributed by atoms with van der Waals surface area (Å²) < 4.78 is 4.91. The van der Waals surface area contributed by atoms with Gasteiger partial charge < -0.3 is 10.1 Å². The third kappa shape index (κ3) is 3.73. The van der Waals surface area contributed by atoms with Gasteiger partial charge in [0.25, 0.3) is 5.91 Å². The van der Waals surface area contributed by atoms with Gasteiger partial charge in [-0.2, -0.15) is 0 Å². The van der Waals surface area contributed by atoms with Crippen LogP contribution in [-0.4, -0.2) is 24.5 Å². The highest BCUT2D eigenvalue weighted by molar-refractivity contribution is 5.93. The molecule has 1 aromatic rings. The van der Waals surface area contributed by atoms with E-state index in [-0.39, 0.29) is 5.91 Å². The number of carbonyl (C=O) groups is 1. The Kier molecular flexibility index (Phi) is 5.05. The van der Waals surface area contributed by atoms with Crippen molar-refractivity contribution in [1.29, 1.82) is 0 Å². The summed E-state index contributed by atoms with van der Waals surface area (Å²) in [4.78, 5) is 15.6. The highest BCUT2D eigenvalue weighted by Crippen LogP contribution is 2.06. The van der Waals surface area contributed by atoms with Crippen molar-refractivity contribution in [2.75, 3.05) is 13.7 Å². The molecule has 0 atom stereocenters. The molecule has 0 fully saturated rings. The van der Waals surface area contributed by atoms with E-state index in [2.05, 4.69) is 10.3 Å². The number of hydrogen-bond donors (Lipinski definition) is 1. The van der Waals surface area contributed by atoms with Crippen LogP contribution in [0.2, 0.25) is 0 Å². The number of ether oxygens (including phenoxy) is 1. The van der Waals surface area contributed by atoms with E-state index >= 15 is 0 Å². The van der Waals surface area contributed by atoms with Crippen molar-refractivity contribution < 1.29 is 9.53 Å². The number of amides is 1. The summed E-state index contributed by atoms with van der Waals surface area (Å²) in [6.45, 7) is 2.59. The molecule has 0 saturated carbocycles. The summed E-state index contributed by atoms with van der Waals surface area (Å²) >= 11 is 0. The molecular formula is C12H16N2O2. The van der Waals surface area contributed by atoms with Crippen LogP contribution in [0, 0.1) is 0 Å². The van der Waals surface area contributed by atoms with Crippen LogP contribution in [0.25, 0.3) is 0 Å². The molecule has 0 aromatic carbocycles. The molecule has 1 amide bonds. The largest absolute Gasteiger partial charge is 0.481 e. The lowest BCUT2D eigenvalue weighted by atomic mass is 10.2. The molecule has 86 valence electrons. The molecule has 0 spiro atoms. The second-order valence-electron chi connectivity index (χ2n) is 3.20. The number of carbonyl (C=O) groups excluding carboxylic acids is 1. The number of allylic oxidation sites excluding steroid dienone is 1. The SMILES string of the molecule is C/C=C/CCNC(=O)c1ccc(OC)nc1. The molecule has 4 heteroatoms. The smallest absolute Gasteiger partial charge is 0.252 e. The Morgan fingerprint density at radius 1 is 1.56 bits per heavy atom. The summed E-state index contributed by atoms with van der Waals surface area (Å²) in [7, 11) is 1.54. The van der Waals surface area contributed by atoms with E-state index in [1.54, 1.807) is 19.2 Å². The van der Waals surface area contributed by atoms with E-state index in [0.29, 0.717) is 18.0 Å². The van der Waals surface area contributed by atoms with Gasteiger partial charge in [-0.25, -0.2) is 4.98 Å². The summed E-state index contributed by atoms with van der Waals surface area (Å²) in [6.07, 6.45) is 6.31. The Hall–Kier alpha value is -1.84. The predicted molar refractivity (Wildman–Crippen MR) is 62.6 cm³/mol. The molecule has 0 saturated heterocycles. The Labute approximate surface area is 95.3 Å². The molecule has 0 unspecified atom stereocenters. The number of aromatic nitrogens is 1. The van der Waals surface area contributed by atoms with Crippen LogP contribution in [0.3, 0.4) is 0 Å². The number of hydrogen-bond acceptors (Lipinski definition) is 3. The fourth-order valence-corrected chi connectivity index (χ4v) is 1.17. The number of methoxy groups -OCH3 is 1. The van der Waals surface area contributed by atoms with Crippen molar-refractivity contribution in [2.45, 2.75) is 13.3 Å². The molecule has 0 aliphatic carbocycles. The summed E-state index contributed by atoms with van der Waals surface area (Å²) in [6, 6.07) is 3.36. The molecule has 0 aliphatic heterocycles. The van der Waals surface area contributed by atoms with Crippen molar-refractivity contribution in [2.24, 2.45) is 0 Å². The van der Waals surface area contributed by atoms with E-state index in [4.69, 9.17) is 4.74 Å². The first-order chi connectivity index (χ1) is 7.77. The quantitative estimate of drug-likeness (QED) is 0.608. The molecular weight excluding hydrogens is 204 g/mol. The molecule has 0 aliphatic rings. The Morgan fingerprint density at radius 2 is 2.38 bits per heavy atom. The Balaban J connectivity index is 2.46. The third-order valence-electron chi connectivity index (χ3n) is 2.04. The highest BCUT2D eigenvalue weighted by Gasteiger charge is 2.04. The van der Waals surface area contributed by atoms with Gasteiger partial charge >= 0.3 is 0 Å². The van der Waals surface area contributed by atoms with Crippen molar-refractivity contribution in [3.63, 3.8) is 0 Å². The fraction of sp³-hybridized carbons (Fsp3) is 0.333. The molecule has 4 nitrogen and oxygen atoms in total. The van der Waals surface area contributed by atoms with E-state index in [1.165, 1.54) is 6.20 Å². The van der Waals surface area contributed by atoms with Crippen LogP contribution in [-0.2, 0) is 0 Å². The monoisotopic (exact) mass is 220 g/mol. The Bertz CT molecular complexity index is 358. The minimum Gasteiger partial charge on any atom is -0.481 e. The van der Waals surface area contributed by atoms with E-state index in [0.717, 1.165) is 6.42 Å². The molecule has 1 rings (SSSR count). The lowest BCUT2D eigenvalue weighted by molar-refractivity contribution is 0.0954. The molecule has 1 heterocycles.